The molecular formula is C22H24N4O3S. The van der Waals surface area contributed by atoms with Crippen LogP contribution in [0.15, 0.2) is 60.8 Å². The van der Waals surface area contributed by atoms with Gasteiger partial charge in [0.05, 0.1) is 12.7 Å². The maximum Gasteiger partial charge on any atom is 0.277 e. The van der Waals surface area contributed by atoms with Gasteiger partial charge in [-0.05, 0) is 36.1 Å². The predicted octanol–water partition coefficient (Wildman–Crippen LogP) is 3.01. The molecule has 0 aliphatic carbocycles. The van der Waals surface area contributed by atoms with Crippen molar-refractivity contribution in [1.82, 2.24) is 15.0 Å². The van der Waals surface area contributed by atoms with Gasteiger partial charge in [-0.1, -0.05) is 47.7 Å². The molecule has 0 spiro atoms. The van der Waals surface area contributed by atoms with E-state index in [1.807, 2.05) is 54.6 Å². The van der Waals surface area contributed by atoms with Gasteiger partial charge in [-0.15, -0.1) is 5.10 Å². The third kappa shape index (κ3) is 5.40. The van der Waals surface area contributed by atoms with Crippen molar-refractivity contribution in [3.8, 4) is 0 Å². The first-order chi connectivity index (χ1) is 14.7. The molecule has 4 rings (SSSR count). The summed E-state index contributed by atoms with van der Waals surface area (Å²) in [5, 5.41) is 11.1. The summed E-state index contributed by atoms with van der Waals surface area (Å²) in [5.74, 6) is 0.152. The summed E-state index contributed by atoms with van der Waals surface area (Å²) in [6, 6.07) is 17.3. The molecule has 2 heterocycles. The molecule has 156 valence electrons. The molecule has 8 heteroatoms. The monoisotopic (exact) mass is 424 g/mol. The number of aromatic nitrogens is 3. The molecule has 0 saturated carbocycles. The number of carbonyl (C=O) groups is 1. The Balaban J connectivity index is 1.36. The van der Waals surface area contributed by atoms with Gasteiger partial charge in [0.2, 0.25) is 0 Å². The number of carbonyl (C=O) groups excluding carboxylic acids is 1. The highest BCUT2D eigenvalue weighted by molar-refractivity contribution is 7.84. The maximum absolute atomic E-state index is 12.6. The van der Waals surface area contributed by atoms with Gasteiger partial charge in [-0.2, -0.15) is 0 Å². The lowest BCUT2D eigenvalue weighted by Crippen LogP contribution is -2.25. The quantitative estimate of drug-likeness (QED) is 0.630. The van der Waals surface area contributed by atoms with Crippen LogP contribution in [0.25, 0.3) is 0 Å². The second kappa shape index (κ2) is 9.77. The number of hydrogen-bond acceptors (Lipinski definition) is 5. The van der Waals surface area contributed by atoms with Crippen molar-refractivity contribution in [2.24, 2.45) is 0 Å². The fraction of sp³-hybridized carbons (Fsp3) is 0.318. The molecule has 30 heavy (non-hydrogen) atoms. The second-order valence-corrected chi connectivity index (χ2v) is 9.00. The molecule has 1 unspecified atom stereocenters. The zero-order valence-electron chi connectivity index (χ0n) is 16.6. The van der Waals surface area contributed by atoms with Crippen molar-refractivity contribution in [2.75, 3.05) is 18.5 Å². The lowest BCUT2D eigenvalue weighted by atomic mass is 10.2. The Hall–Kier alpha value is -2.84. The Morgan fingerprint density at radius 3 is 2.67 bits per heavy atom. The summed E-state index contributed by atoms with van der Waals surface area (Å²) in [7, 11) is -0.949. The normalized spacial score (nSPS) is 15.6. The zero-order valence-corrected chi connectivity index (χ0v) is 17.4. The fourth-order valence-electron chi connectivity index (χ4n) is 3.41. The van der Waals surface area contributed by atoms with Crippen LogP contribution in [0.3, 0.4) is 0 Å². The molecule has 1 aliphatic heterocycles. The first-order valence-electron chi connectivity index (χ1n) is 9.96. The Morgan fingerprint density at radius 2 is 1.87 bits per heavy atom. The van der Waals surface area contributed by atoms with Crippen LogP contribution in [-0.2, 0) is 27.8 Å². The number of anilines is 1. The minimum absolute atomic E-state index is 0.177. The molecule has 1 amide bonds. The van der Waals surface area contributed by atoms with Crippen LogP contribution in [0, 0.1) is 0 Å². The average Bonchev–Trinajstić information content (AvgIpc) is 3.24. The molecule has 0 bridgehead atoms. The van der Waals surface area contributed by atoms with Crippen molar-refractivity contribution in [3.63, 3.8) is 0 Å². The standard InChI is InChI=1S/C22H24N4O3S/c27-22(21-15-26(25-24-21)14-17-5-2-1-3-6-17)23-19-8-4-7-18(13-19)16-30(28)20-9-11-29-12-10-20/h1-8,13,15,20H,9-12,14,16H2,(H,23,27). The number of hydrogen-bond donors (Lipinski definition) is 1. The van der Waals surface area contributed by atoms with Crippen LogP contribution in [0.1, 0.15) is 34.5 Å². The van der Waals surface area contributed by atoms with Crippen molar-refractivity contribution >= 4 is 22.4 Å². The smallest absolute Gasteiger partial charge is 0.277 e. The molecule has 1 aliphatic rings. The molecule has 1 saturated heterocycles. The van der Waals surface area contributed by atoms with Crippen molar-refractivity contribution in [3.05, 3.63) is 77.6 Å². The van der Waals surface area contributed by atoms with Crippen LogP contribution in [0.5, 0.6) is 0 Å². The highest BCUT2D eigenvalue weighted by atomic mass is 32.2. The molecular weight excluding hydrogens is 400 g/mol. The average molecular weight is 425 g/mol. The van der Waals surface area contributed by atoms with Gasteiger partial charge in [0.1, 0.15) is 0 Å². The van der Waals surface area contributed by atoms with Gasteiger partial charge >= 0.3 is 0 Å². The molecule has 7 nitrogen and oxygen atoms in total. The number of ether oxygens (including phenoxy) is 1. The minimum atomic E-state index is -0.949. The number of nitrogens with one attached hydrogen (secondary N) is 1. The van der Waals surface area contributed by atoms with Crippen molar-refractivity contribution in [1.29, 1.82) is 0 Å². The van der Waals surface area contributed by atoms with Crippen molar-refractivity contribution in [2.45, 2.75) is 30.4 Å². The lowest BCUT2D eigenvalue weighted by molar-refractivity contribution is 0.0991. The number of benzene rings is 2. The van der Waals surface area contributed by atoms with E-state index < -0.39 is 10.8 Å². The molecule has 3 aromatic rings. The summed E-state index contributed by atoms with van der Waals surface area (Å²) < 4.78 is 19.6. The van der Waals surface area contributed by atoms with Gasteiger partial charge in [0, 0.05) is 40.7 Å². The number of rotatable bonds is 7. The Labute approximate surface area is 177 Å². The van der Waals surface area contributed by atoms with E-state index in [9.17, 15) is 9.00 Å². The van der Waals surface area contributed by atoms with Crippen LogP contribution >= 0.6 is 0 Å². The Morgan fingerprint density at radius 1 is 1.10 bits per heavy atom. The largest absolute Gasteiger partial charge is 0.381 e. The van der Waals surface area contributed by atoms with E-state index in [0.717, 1.165) is 24.0 Å². The summed E-state index contributed by atoms with van der Waals surface area (Å²) in [6.45, 7) is 1.91. The summed E-state index contributed by atoms with van der Waals surface area (Å²) in [5.41, 5.74) is 2.92. The summed E-state index contributed by atoms with van der Waals surface area (Å²) in [6.07, 6.45) is 3.30. The van der Waals surface area contributed by atoms with E-state index in [-0.39, 0.29) is 16.9 Å². The van der Waals surface area contributed by atoms with Gasteiger partial charge in [0.15, 0.2) is 5.69 Å². The zero-order chi connectivity index (χ0) is 20.8. The van der Waals surface area contributed by atoms with Crippen LogP contribution < -0.4 is 5.32 Å². The van der Waals surface area contributed by atoms with Gasteiger partial charge in [0.25, 0.3) is 5.91 Å². The third-order valence-electron chi connectivity index (χ3n) is 4.99. The lowest BCUT2D eigenvalue weighted by Gasteiger charge is -2.21. The minimum Gasteiger partial charge on any atom is -0.381 e. The maximum atomic E-state index is 12.6. The molecule has 1 atom stereocenters. The first kappa shape index (κ1) is 20.4. The van der Waals surface area contributed by atoms with E-state index in [0.29, 0.717) is 31.2 Å². The fourth-order valence-corrected chi connectivity index (χ4v) is 4.87. The Kier molecular flexibility index (Phi) is 6.66. The van der Waals surface area contributed by atoms with E-state index in [4.69, 9.17) is 4.74 Å². The summed E-state index contributed by atoms with van der Waals surface area (Å²) >= 11 is 0. The topological polar surface area (TPSA) is 86.1 Å². The van der Waals surface area contributed by atoms with E-state index in [2.05, 4.69) is 15.6 Å². The Bertz CT molecular complexity index is 1020. The van der Waals surface area contributed by atoms with E-state index in [1.165, 1.54) is 0 Å². The predicted molar refractivity (Wildman–Crippen MR) is 116 cm³/mol. The van der Waals surface area contributed by atoms with Crippen LogP contribution in [-0.4, -0.2) is 43.6 Å². The molecule has 1 fully saturated rings. The molecule has 2 aromatic carbocycles. The first-order valence-corrected chi connectivity index (χ1v) is 11.3. The number of amides is 1. The SMILES string of the molecule is O=C(Nc1cccc(CS(=O)C2CCOCC2)c1)c1cn(Cc2ccccc2)nn1. The van der Waals surface area contributed by atoms with Gasteiger partial charge in [-0.3, -0.25) is 9.00 Å². The van der Waals surface area contributed by atoms with Gasteiger partial charge < -0.3 is 10.1 Å². The molecule has 1 N–H and O–H groups in total. The highest BCUT2D eigenvalue weighted by Gasteiger charge is 2.20. The highest BCUT2D eigenvalue weighted by Crippen LogP contribution is 2.19. The second-order valence-electron chi connectivity index (χ2n) is 7.28. The van der Waals surface area contributed by atoms with E-state index in [1.54, 1.807) is 10.9 Å². The third-order valence-corrected chi connectivity index (χ3v) is 6.83. The van der Waals surface area contributed by atoms with Crippen LogP contribution in [0.2, 0.25) is 0 Å². The van der Waals surface area contributed by atoms with Gasteiger partial charge in [-0.25, -0.2) is 4.68 Å². The summed E-state index contributed by atoms with van der Waals surface area (Å²) in [4.78, 5) is 12.6. The number of nitrogens with zero attached hydrogens (tertiary/aromatic N) is 3. The molecule has 1 aromatic heterocycles. The van der Waals surface area contributed by atoms with Crippen LogP contribution in [0.4, 0.5) is 5.69 Å². The van der Waals surface area contributed by atoms with E-state index >= 15 is 0 Å². The van der Waals surface area contributed by atoms with Crippen molar-refractivity contribution < 1.29 is 13.7 Å². The molecule has 0 radical (unpaired) electrons.